The zero-order valence-corrected chi connectivity index (χ0v) is 11.9. The third kappa shape index (κ3) is 2.96. The Kier molecular flexibility index (Phi) is 3.99. The fraction of sp³-hybridized carbons (Fsp3) is 0.438. The predicted octanol–water partition coefficient (Wildman–Crippen LogP) is 3.32. The van der Waals surface area contributed by atoms with Gasteiger partial charge >= 0.3 is 5.97 Å². The van der Waals surface area contributed by atoms with E-state index in [4.69, 9.17) is 0 Å². The van der Waals surface area contributed by atoms with Gasteiger partial charge in [0.05, 0.1) is 11.2 Å². The molecule has 1 saturated carbocycles. The summed E-state index contributed by atoms with van der Waals surface area (Å²) < 4.78 is 0. The van der Waals surface area contributed by atoms with Gasteiger partial charge in [-0.05, 0) is 18.4 Å². The van der Waals surface area contributed by atoms with E-state index in [1.54, 1.807) is 0 Å². The van der Waals surface area contributed by atoms with Gasteiger partial charge in [0.25, 0.3) is 0 Å². The summed E-state index contributed by atoms with van der Waals surface area (Å²) in [6.45, 7) is 0.778. The molecule has 3 rings (SSSR count). The van der Waals surface area contributed by atoms with Crippen molar-refractivity contribution in [1.82, 2.24) is 10.2 Å². The number of nitrogens with one attached hydrogen (secondary N) is 1. The van der Waals surface area contributed by atoms with Crippen molar-refractivity contribution in [2.45, 2.75) is 32.1 Å². The molecule has 0 aliphatic heterocycles. The van der Waals surface area contributed by atoms with Gasteiger partial charge in [-0.3, -0.25) is 0 Å². The second-order valence-electron chi connectivity index (χ2n) is 5.61. The number of hydrogen-bond acceptors (Lipinski definition) is 4. The van der Waals surface area contributed by atoms with Crippen molar-refractivity contribution in [3.63, 3.8) is 0 Å². The maximum absolute atomic E-state index is 11.3. The van der Waals surface area contributed by atoms with E-state index in [0.717, 1.165) is 24.3 Å². The molecule has 1 fully saturated rings. The van der Waals surface area contributed by atoms with E-state index in [-0.39, 0.29) is 5.69 Å². The van der Waals surface area contributed by atoms with Gasteiger partial charge < -0.3 is 10.4 Å². The standard InChI is InChI=1S/C16H19N3O2/c20-16(21)15-14(17-10-9-11-5-1-2-6-11)12-7-3-4-8-13(12)18-19-15/h3-4,7-8,11H,1-2,5-6,9-10H2,(H,17,18)(H,20,21). The average molecular weight is 285 g/mol. The lowest BCUT2D eigenvalue weighted by molar-refractivity contribution is 0.0690. The molecule has 1 aliphatic carbocycles. The van der Waals surface area contributed by atoms with Crippen LogP contribution in [0.3, 0.4) is 0 Å². The number of anilines is 1. The van der Waals surface area contributed by atoms with Gasteiger partial charge in [-0.2, -0.15) is 0 Å². The van der Waals surface area contributed by atoms with Gasteiger partial charge in [-0.25, -0.2) is 4.79 Å². The SMILES string of the molecule is O=C(O)c1nnc2ccccc2c1NCCC1CCCC1. The molecule has 1 aliphatic rings. The number of carboxylic acids is 1. The first-order chi connectivity index (χ1) is 10.3. The first kappa shape index (κ1) is 13.8. The van der Waals surface area contributed by atoms with Gasteiger partial charge in [0.15, 0.2) is 5.69 Å². The summed E-state index contributed by atoms with van der Waals surface area (Å²) in [5, 5.41) is 21.2. The molecule has 110 valence electrons. The Labute approximate surface area is 123 Å². The van der Waals surface area contributed by atoms with E-state index in [1.165, 1.54) is 25.7 Å². The lowest BCUT2D eigenvalue weighted by atomic mass is 10.0. The van der Waals surface area contributed by atoms with Crippen molar-refractivity contribution in [3.8, 4) is 0 Å². The highest BCUT2D eigenvalue weighted by Crippen LogP contribution is 2.28. The van der Waals surface area contributed by atoms with Crippen LogP contribution >= 0.6 is 0 Å². The van der Waals surface area contributed by atoms with Gasteiger partial charge in [0.1, 0.15) is 0 Å². The molecule has 2 aromatic rings. The summed E-state index contributed by atoms with van der Waals surface area (Å²) in [7, 11) is 0. The molecule has 0 unspecified atom stereocenters. The molecule has 5 nitrogen and oxygen atoms in total. The zero-order chi connectivity index (χ0) is 14.7. The smallest absolute Gasteiger partial charge is 0.358 e. The van der Waals surface area contributed by atoms with E-state index in [9.17, 15) is 9.90 Å². The first-order valence-corrected chi connectivity index (χ1v) is 7.48. The Morgan fingerprint density at radius 1 is 1.24 bits per heavy atom. The van der Waals surface area contributed by atoms with Crippen molar-refractivity contribution in [2.24, 2.45) is 5.92 Å². The molecule has 0 saturated heterocycles. The van der Waals surface area contributed by atoms with Crippen LogP contribution in [0.5, 0.6) is 0 Å². The third-order valence-corrected chi connectivity index (χ3v) is 4.20. The molecule has 0 radical (unpaired) electrons. The van der Waals surface area contributed by atoms with Crippen LogP contribution in [0, 0.1) is 5.92 Å². The van der Waals surface area contributed by atoms with Gasteiger partial charge in [0, 0.05) is 11.9 Å². The van der Waals surface area contributed by atoms with E-state index in [0.29, 0.717) is 11.2 Å². The number of aromatic nitrogens is 2. The molecule has 0 amide bonds. The van der Waals surface area contributed by atoms with Gasteiger partial charge in [-0.1, -0.05) is 43.9 Å². The molecule has 2 N–H and O–H groups in total. The number of carboxylic acid groups (broad SMARTS) is 1. The normalized spacial score (nSPS) is 15.4. The lowest BCUT2D eigenvalue weighted by Gasteiger charge is -2.13. The molecular formula is C16H19N3O2. The van der Waals surface area contributed by atoms with Crippen LogP contribution in [0.25, 0.3) is 10.9 Å². The zero-order valence-electron chi connectivity index (χ0n) is 11.9. The third-order valence-electron chi connectivity index (χ3n) is 4.20. The predicted molar refractivity (Wildman–Crippen MR) is 81.6 cm³/mol. The Balaban J connectivity index is 1.83. The minimum atomic E-state index is -1.04. The summed E-state index contributed by atoms with van der Waals surface area (Å²) in [6.07, 6.45) is 6.32. The second-order valence-corrected chi connectivity index (χ2v) is 5.61. The highest BCUT2D eigenvalue weighted by Gasteiger charge is 2.18. The largest absolute Gasteiger partial charge is 0.476 e. The average Bonchev–Trinajstić information content (AvgIpc) is 3.00. The minimum absolute atomic E-state index is 0.000113. The molecule has 1 aromatic carbocycles. The number of carbonyl (C=O) groups is 1. The fourth-order valence-electron chi connectivity index (χ4n) is 3.08. The topological polar surface area (TPSA) is 75.1 Å². The van der Waals surface area contributed by atoms with Crippen LogP contribution in [0.2, 0.25) is 0 Å². The van der Waals surface area contributed by atoms with Gasteiger partial charge in [0.2, 0.25) is 0 Å². The van der Waals surface area contributed by atoms with Crippen LogP contribution in [0.1, 0.15) is 42.6 Å². The van der Waals surface area contributed by atoms with E-state index < -0.39 is 5.97 Å². The van der Waals surface area contributed by atoms with E-state index in [1.807, 2.05) is 24.3 Å². The first-order valence-electron chi connectivity index (χ1n) is 7.48. The van der Waals surface area contributed by atoms with Crippen molar-refractivity contribution in [2.75, 3.05) is 11.9 Å². The van der Waals surface area contributed by atoms with Crippen LogP contribution in [-0.4, -0.2) is 27.8 Å². The highest BCUT2D eigenvalue weighted by molar-refractivity contribution is 6.02. The monoisotopic (exact) mass is 285 g/mol. The van der Waals surface area contributed by atoms with Crippen LogP contribution in [-0.2, 0) is 0 Å². The van der Waals surface area contributed by atoms with Crippen molar-refractivity contribution < 1.29 is 9.90 Å². The fourth-order valence-corrected chi connectivity index (χ4v) is 3.08. The molecule has 0 spiro atoms. The highest BCUT2D eigenvalue weighted by atomic mass is 16.4. The number of benzene rings is 1. The number of rotatable bonds is 5. The van der Waals surface area contributed by atoms with Crippen LogP contribution < -0.4 is 5.32 Å². The molecule has 21 heavy (non-hydrogen) atoms. The summed E-state index contributed by atoms with van der Waals surface area (Å²) >= 11 is 0. The Hall–Kier alpha value is -2.17. The van der Waals surface area contributed by atoms with Crippen molar-refractivity contribution in [1.29, 1.82) is 0 Å². The molecule has 1 heterocycles. The maximum Gasteiger partial charge on any atom is 0.358 e. The molecule has 0 atom stereocenters. The quantitative estimate of drug-likeness (QED) is 0.881. The number of nitrogens with zero attached hydrogens (tertiary/aromatic N) is 2. The Morgan fingerprint density at radius 3 is 2.76 bits per heavy atom. The number of fused-ring (bicyclic) bond motifs is 1. The summed E-state index contributed by atoms with van der Waals surface area (Å²) in [5.41, 5.74) is 1.30. The van der Waals surface area contributed by atoms with E-state index in [2.05, 4.69) is 15.5 Å². The summed E-state index contributed by atoms with van der Waals surface area (Å²) in [6, 6.07) is 7.49. The molecule has 1 aromatic heterocycles. The number of aromatic carboxylic acids is 1. The summed E-state index contributed by atoms with van der Waals surface area (Å²) in [5.74, 6) is -0.275. The molecule has 0 bridgehead atoms. The second kappa shape index (κ2) is 6.08. The molecule has 5 heteroatoms. The maximum atomic E-state index is 11.3. The van der Waals surface area contributed by atoms with Crippen LogP contribution in [0.4, 0.5) is 5.69 Å². The van der Waals surface area contributed by atoms with Crippen LogP contribution in [0.15, 0.2) is 24.3 Å². The lowest BCUT2D eigenvalue weighted by Crippen LogP contribution is -2.13. The van der Waals surface area contributed by atoms with Gasteiger partial charge in [-0.15, -0.1) is 10.2 Å². The number of hydrogen-bond donors (Lipinski definition) is 2. The Morgan fingerprint density at radius 2 is 2.00 bits per heavy atom. The van der Waals surface area contributed by atoms with Crippen molar-refractivity contribution in [3.05, 3.63) is 30.0 Å². The van der Waals surface area contributed by atoms with E-state index >= 15 is 0 Å². The molecular weight excluding hydrogens is 266 g/mol. The van der Waals surface area contributed by atoms with Crippen molar-refractivity contribution >= 4 is 22.6 Å². The summed E-state index contributed by atoms with van der Waals surface area (Å²) in [4.78, 5) is 11.3. The minimum Gasteiger partial charge on any atom is -0.476 e. The Bertz CT molecular complexity index is 651.